The molecule has 1 aromatic heterocycles. The Balaban J connectivity index is 1.42. The third-order valence-corrected chi connectivity index (χ3v) is 11.8. The third-order valence-electron chi connectivity index (χ3n) is 11.5. The fraction of sp³-hybridized carbons (Fsp3) is 0.487. The van der Waals surface area contributed by atoms with Gasteiger partial charge in [-0.05, 0) is 73.8 Å². The van der Waals surface area contributed by atoms with E-state index in [2.05, 4.69) is 16.0 Å². The van der Waals surface area contributed by atoms with Crippen molar-refractivity contribution in [2.45, 2.75) is 64.0 Å². The average molecular weight is 749 g/mol. The molecule has 0 spiro atoms. The topological polar surface area (TPSA) is 124 Å². The van der Waals surface area contributed by atoms with Crippen LogP contribution in [-0.2, 0) is 4.74 Å². The van der Waals surface area contributed by atoms with Gasteiger partial charge >= 0.3 is 12.1 Å². The maximum absolute atomic E-state index is 17.3. The first-order chi connectivity index (χ1) is 25.3. The maximum Gasteiger partial charge on any atom is 0.407 e. The number of piperazine rings is 1. The normalized spacial score (nSPS) is 20.2. The lowest BCUT2D eigenvalue weighted by molar-refractivity contribution is -0.00279. The largest absolute Gasteiger partial charge is 0.468 e. The predicted molar refractivity (Wildman–Crippen MR) is 198 cm³/mol. The molecule has 3 aromatic carbocycles. The second-order valence-corrected chi connectivity index (χ2v) is 15.7. The van der Waals surface area contributed by atoms with Gasteiger partial charge in [0, 0.05) is 48.1 Å². The van der Waals surface area contributed by atoms with E-state index in [4.69, 9.17) is 30.8 Å². The van der Waals surface area contributed by atoms with Gasteiger partial charge in [-0.3, -0.25) is 9.80 Å². The van der Waals surface area contributed by atoms with Gasteiger partial charge in [0.15, 0.2) is 12.6 Å². The SMILES string of the molecule is COCOc1cc(-c2c(F)cc3c(N4CCN(C(=O)O)[C@@](CC#N)(C(C)(C)C)C4)nc(OCC45CCCN4CCC5)nc3c2F)c2c(Cl)cccc2c1. The minimum absolute atomic E-state index is 0.0375. The van der Waals surface area contributed by atoms with Crippen LogP contribution in [-0.4, -0.2) is 95.3 Å². The van der Waals surface area contributed by atoms with Crippen LogP contribution in [0.1, 0.15) is 52.9 Å². The number of aromatic nitrogens is 2. The number of rotatable bonds is 9. The van der Waals surface area contributed by atoms with Gasteiger partial charge in [-0.1, -0.05) is 44.5 Å². The van der Waals surface area contributed by atoms with Crippen molar-refractivity contribution in [3.05, 3.63) is 53.1 Å². The fourth-order valence-corrected chi connectivity index (χ4v) is 8.98. The number of benzene rings is 3. The van der Waals surface area contributed by atoms with Crippen molar-refractivity contribution in [1.29, 1.82) is 5.26 Å². The van der Waals surface area contributed by atoms with Crippen molar-refractivity contribution in [2.75, 3.05) is 58.1 Å². The summed E-state index contributed by atoms with van der Waals surface area (Å²) in [5, 5.41) is 21.7. The Morgan fingerprint density at radius 3 is 2.51 bits per heavy atom. The lowest BCUT2D eigenvalue weighted by Gasteiger charge is -2.55. The summed E-state index contributed by atoms with van der Waals surface area (Å²) in [6.45, 7) is 8.08. The highest BCUT2D eigenvalue weighted by Gasteiger charge is 2.53. The quantitative estimate of drug-likeness (QED) is 0.169. The predicted octanol–water partition coefficient (Wildman–Crippen LogP) is 7.87. The number of fused-ring (bicyclic) bond motifs is 3. The van der Waals surface area contributed by atoms with Crippen LogP contribution >= 0.6 is 11.6 Å². The molecule has 0 radical (unpaired) electrons. The van der Waals surface area contributed by atoms with Crippen LogP contribution in [0.15, 0.2) is 36.4 Å². The third kappa shape index (κ3) is 6.34. The molecule has 11 nitrogen and oxygen atoms in total. The lowest BCUT2D eigenvalue weighted by atomic mass is 9.69. The van der Waals surface area contributed by atoms with Crippen molar-refractivity contribution in [3.63, 3.8) is 0 Å². The van der Waals surface area contributed by atoms with Crippen molar-refractivity contribution >= 4 is 45.2 Å². The number of hydrogen-bond acceptors (Lipinski definition) is 9. The first kappa shape index (κ1) is 36.8. The number of carbonyl (C=O) groups is 1. The first-order valence-electron chi connectivity index (χ1n) is 17.9. The van der Waals surface area contributed by atoms with Crippen molar-refractivity contribution in [2.24, 2.45) is 5.41 Å². The standard InChI is InChI=1S/C39H43ClF2N6O5/c1-37(2,3)39(12-13-43)21-46(16-17-48(39)36(49)50)34-27-20-29(41)31(26-19-25(53-23-51-4)18-24-8-5-9-28(40)30(24)26)32(42)33(27)44-35(45-34)52-22-38-10-6-14-47(38)15-7-11-38/h5,8-9,18-20H,6-7,10-12,14-17,21-23H2,1-4H3,(H,49,50)/t39-/m1/s1. The molecule has 0 aliphatic carbocycles. The number of hydrogen-bond donors (Lipinski definition) is 1. The molecule has 0 unspecified atom stereocenters. The van der Waals surface area contributed by atoms with Gasteiger partial charge in [0.25, 0.3) is 0 Å². The zero-order valence-corrected chi connectivity index (χ0v) is 31.1. The molecular weight excluding hydrogens is 706 g/mol. The fourth-order valence-electron chi connectivity index (χ4n) is 8.70. The number of amides is 1. The number of carboxylic acid groups (broad SMARTS) is 1. The average Bonchev–Trinajstić information content (AvgIpc) is 3.70. The summed E-state index contributed by atoms with van der Waals surface area (Å²) in [6, 6.07) is 11.8. The molecule has 3 saturated heterocycles. The van der Waals surface area contributed by atoms with Crippen molar-refractivity contribution < 1.29 is 32.9 Å². The van der Waals surface area contributed by atoms with Crippen LogP contribution in [0.2, 0.25) is 5.02 Å². The molecule has 1 N–H and O–H groups in total. The summed E-state index contributed by atoms with van der Waals surface area (Å²) in [6.07, 6.45) is 2.78. The maximum atomic E-state index is 17.3. The lowest BCUT2D eigenvalue weighted by Crippen LogP contribution is -2.69. The Bertz CT molecular complexity index is 2110. The van der Waals surface area contributed by atoms with Gasteiger partial charge in [0.05, 0.1) is 29.1 Å². The molecule has 7 rings (SSSR count). The summed E-state index contributed by atoms with van der Waals surface area (Å²) in [7, 11) is 1.47. The molecule has 280 valence electrons. The first-order valence-corrected chi connectivity index (χ1v) is 18.2. The van der Waals surface area contributed by atoms with Crippen LogP contribution in [0.5, 0.6) is 11.8 Å². The summed E-state index contributed by atoms with van der Waals surface area (Å²) < 4.78 is 51.2. The second-order valence-electron chi connectivity index (χ2n) is 15.3. The van der Waals surface area contributed by atoms with Gasteiger partial charge in [-0.2, -0.15) is 15.2 Å². The van der Waals surface area contributed by atoms with Gasteiger partial charge < -0.3 is 24.2 Å². The molecule has 14 heteroatoms. The Kier molecular flexibility index (Phi) is 9.76. The number of anilines is 1. The van der Waals surface area contributed by atoms with E-state index >= 15 is 8.78 Å². The van der Waals surface area contributed by atoms with E-state index in [1.165, 1.54) is 24.1 Å². The Hall–Kier alpha value is -4.51. The number of nitriles is 1. The second kappa shape index (κ2) is 14.0. The number of halogens is 3. The zero-order valence-electron chi connectivity index (χ0n) is 30.3. The van der Waals surface area contributed by atoms with Crippen molar-refractivity contribution in [1.82, 2.24) is 19.8 Å². The molecule has 53 heavy (non-hydrogen) atoms. The minimum Gasteiger partial charge on any atom is -0.468 e. The van der Waals surface area contributed by atoms with E-state index in [-0.39, 0.29) is 72.2 Å². The summed E-state index contributed by atoms with van der Waals surface area (Å²) >= 11 is 6.68. The molecule has 3 aliphatic rings. The molecule has 1 atom stereocenters. The Morgan fingerprint density at radius 1 is 1.08 bits per heavy atom. The van der Waals surface area contributed by atoms with Crippen molar-refractivity contribution in [3.8, 4) is 29.0 Å². The van der Waals surface area contributed by atoms with E-state index in [9.17, 15) is 15.2 Å². The molecule has 3 fully saturated rings. The summed E-state index contributed by atoms with van der Waals surface area (Å²) in [4.78, 5) is 27.6. The minimum atomic E-state index is -1.17. The van der Waals surface area contributed by atoms with E-state index < -0.39 is 28.7 Å². The van der Waals surface area contributed by atoms with Crippen LogP contribution in [0.3, 0.4) is 0 Å². The highest BCUT2D eigenvalue weighted by Crippen LogP contribution is 2.46. The molecule has 4 heterocycles. The molecular formula is C39H43ClF2N6O5. The highest BCUT2D eigenvalue weighted by atomic mass is 35.5. The van der Waals surface area contributed by atoms with Gasteiger partial charge in [-0.25, -0.2) is 13.6 Å². The van der Waals surface area contributed by atoms with E-state index in [1.54, 1.807) is 29.2 Å². The summed E-state index contributed by atoms with van der Waals surface area (Å²) in [5.41, 5.74) is -2.39. The Labute approximate surface area is 312 Å². The van der Waals surface area contributed by atoms with E-state index in [0.29, 0.717) is 28.2 Å². The van der Waals surface area contributed by atoms with Crippen LogP contribution in [0.25, 0.3) is 32.8 Å². The van der Waals surface area contributed by atoms with Gasteiger partial charge in [0.2, 0.25) is 0 Å². The van der Waals surface area contributed by atoms with Crippen LogP contribution in [0, 0.1) is 28.4 Å². The molecule has 4 aromatic rings. The van der Waals surface area contributed by atoms with Crippen LogP contribution in [0.4, 0.5) is 19.4 Å². The number of ether oxygens (including phenoxy) is 3. The molecule has 0 saturated carbocycles. The molecule has 0 bridgehead atoms. The van der Waals surface area contributed by atoms with Gasteiger partial charge in [-0.15, -0.1) is 0 Å². The molecule has 3 aliphatic heterocycles. The number of methoxy groups -OCH3 is 1. The zero-order chi connectivity index (χ0) is 37.7. The highest BCUT2D eigenvalue weighted by molar-refractivity contribution is 6.36. The van der Waals surface area contributed by atoms with Gasteiger partial charge in [0.1, 0.15) is 29.5 Å². The monoisotopic (exact) mass is 748 g/mol. The Morgan fingerprint density at radius 2 is 1.83 bits per heavy atom. The van der Waals surface area contributed by atoms with Crippen LogP contribution < -0.4 is 14.4 Å². The summed E-state index contributed by atoms with van der Waals surface area (Å²) in [5.74, 6) is -1.30. The number of nitrogens with zero attached hydrogens (tertiary/aromatic N) is 6. The van der Waals surface area contributed by atoms with E-state index in [0.717, 1.165) is 38.8 Å². The molecule has 1 amide bonds. The van der Waals surface area contributed by atoms with E-state index in [1.807, 2.05) is 20.8 Å². The smallest absolute Gasteiger partial charge is 0.407 e.